The van der Waals surface area contributed by atoms with Crippen LogP contribution < -0.4 is 10.4 Å². The van der Waals surface area contributed by atoms with Crippen LogP contribution in [0.4, 0.5) is 5.82 Å². The van der Waals surface area contributed by atoms with Gasteiger partial charge >= 0.3 is 0 Å². The quantitative estimate of drug-likeness (QED) is 0.663. The first-order valence-corrected chi connectivity index (χ1v) is 10.6. The highest BCUT2D eigenvalue weighted by molar-refractivity contribution is 5.80. The van der Waals surface area contributed by atoms with E-state index in [2.05, 4.69) is 28.5 Å². The lowest BCUT2D eigenvalue weighted by Gasteiger charge is -2.28. The zero-order valence-electron chi connectivity index (χ0n) is 18.2. The van der Waals surface area contributed by atoms with E-state index >= 15 is 0 Å². The van der Waals surface area contributed by atoms with Crippen LogP contribution in [0.1, 0.15) is 54.7 Å². The molecule has 6 nitrogen and oxygen atoms in total. The van der Waals surface area contributed by atoms with Crippen molar-refractivity contribution in [1.82, 2.24) is 14.5 Å². The maximum Gasteiger partial charge on any atom is 0.159 e. The number of anilines is 1. The zero-order chi connectivity index (χ0) is 21.3. The molecule has 0 unspecified atom stereocenters. The molecular weight excluding hydrogens is 372 g/mol. The average Bonchev–Trinajstić information content (AvgIpc) is 2.77. The van der Waals surface area contributed by atoms with Crippen LogP contribution in [0, 0.1) is 25.2 Å². The lowest BCUT2D eigenvalue weighted by Crippen LogP contribution is -2.30. The molecule has 1 aliphatic rings. The van der Waals surface area contributed by atoms with Gasteiger partial charge in [0.25, 0.3) is 0 Å². The Kier molecular flexibility index (Phi) is 5.54. The molecule has 0 saturated carbocycles. The fraction of sp³-hybridized carbons (Fsp3) is 0.417. The first-order chi connectivity index (χ1) is 14.5. The third-order valence-corrected chi connectivity index (χ3v) is 6.17. The van der Waals surface area contributed by atoms with Gasteiger partial charge in [-0.2, -0.15) is 5.26 Å². The van der Waals surface area contributed by atoms with Gasteiger partial charge in [0, 0.05) is 25.5 Å². The molecule has 1 fully saturated rings. The van der Waals surface area contributed by atoms with Crippen molar-refractivity contribution >= 4 is 16.7 Å². The average molecular weight is 401 g/mol. The Balaban J connectivity index is 1.86. The summed E-state index contributed by atoms with van der Waals surface area (Å²) in [6.07, 6.45) is 5.66. The summed E-state index contributed by atoms with van der Waals surface area (Å²) in [5.74, 6) is 1.89. The van der Waals surface area contributed by atoms with Crippen LogP contribution >= 0.6 is 0 Å². The van der Waals surface area contributed by atoms with Gasteiger partial charge in [-0.05, 0) is 63.3 Å². The maximum atomic E-state index is 9.37. The van der Waals surface area contributed by atoms with Gasteiger partial charge in [-0.3, -0.25) is 4.99 Å². The van der Waals surface area contributed by atoms with Gasteiger partial charge < -0.3 is 9.47 Å². The van der Waals surface area contributed by atoms with E-state index in [1.54, 1.807) is 0 Å². The van der Waals surface area contributed by atoms with Gasteiger partial charge in [-0.25, -0.2) is 9.97 Å². The van der Waals surface area contributed by atoms with E-state index in [-0.39, 0.29) is 6.04 Å². The van der Waals surface area contributed by atoms with E-state index < -0.39 is 0 Å². The largest absolute Gasteiger partial charge is 0.357 e. The second-order valence-electron chi connectivity index (χ2n) is 8.09. The number of rotatable bonds is 3. The number of fused-ring (bicyclic) bond motifs is 1. The van der Waals surface area contributed by atoms with Crippen LogP contribution in [-0.4, -0.2) is 27.6 Å². The molecule has 0 spiro atoms. The molecular formula is C24H28N6. The van der Waals surface area contributed by atoms with Gasteiger partial charge in [0.05, 0.1) is 29.4 Å². The summed E-state index contributed by atoms with van der Waals surface area (Å²) in [5, 5.41) is 10.4. The van der Waals surface area contributed by atoms with Crippen LogP contribution in [0.3, 0.4) is 0 Å². The molecule has 1 atom stereocenters. The lowest BCUT2D eigenvalue weighted by molar-refractivity contribution is 0.573. The van der Waals surface area contributed by atoms with Gasteiger partial charge in [0.2, 0.25) is 0 Å². The van der Waals surface area contributed by atoms with Crippen LogP contribution in [0.25, 0.3) is 10.9 Å². The Labute approximate surface area is 177 Å². The SMILES string of the molecule is Cc1c(C#N)cccc1[C@@H](C)N=c1nc(C)n(C)c2cnc(N3CCCCC3)cc12. The molecule has 1 saturated heterocycles. The van der Waals surface area contributed by atoms with Crippen molar-refractivity contribution in [3.8, 4) is 6.07 Å². The van der Waals surface area contributed by atoms with Gasteiger partial charge in [-0.15, -0.1) is 0 Å². The summed E-state index contributed by atoms with van der Waals surface area (Å²) in [5.41, 5.74) is 4.49. The molecule has 1 aliphatic heterocycles. The van der Waals surface area contributed by atoms with E-state index in [0.29, 0.717) is 5.56 Å². The van der Waals surface area contributed by atoms with Gasteiger partial charge in [0.15, 0.2) is 5.49 Å². The Hall–Kier alpha value is -3.20. The van der Waals surface area contributed by atoms with Crippen LogP contribution in [0.15, 0.2) is 35.5 Å². The van der Waals surface area contributed by atoms with E-state index in [1.807, 2.05) is 45.3 Å². The smallest absolute Gasteiger partial charge is 0.159 e. The number of aromatic nitrogens is 3. The predicted octanol–water partition coefficient (Wildman–Crippen LogP) is 4.11. The molecule has 3 aromatic rings. The highest BCUT2D eigenvalue weighted by Crippen LogP contribution is 2.24. The van der Waals surface area contributed by atoms with Crippen LogP contribution in [-0.2, 0) is 7.05 Å². The van der Waals surface area contributed by atoms with E-state index in [1.165, 1.54) is 19.3 Å². The molecule has 154 valence electrons. The third-order valence-electron chi connectivity index (χ3n) is 6.17. The van der Waals surface area contributed by atoms with Crippen molar-refractivity contribution in [2.24, 2.45) is 12.0 Å². The molecule has 2 aromatic heterocycles. The number of hydrogen-bond donors (Lipinski definition) is 0. The Morgan fingerprint density at radius 3 is 2.67 bits per heavy atom. The van der Waals surface area contributed by atoms with Gasteiger partial charge in [-0.1, -0.05) is 12.1 Å². The van der Waals surface area contributed by atoms with Crippen molar-refractivity contribution in [2.45, 2.75) is 46.1 Å². The maximum absolute atomic E-state index is 9.37. The summed E-state index contributed by atoms with van der Waals surface area (Å²) in [6.45, 7) is 8.13. The number of hydrogen-bond acceptors (Lipinski definition) is 5. The molecule has 6 heteroatoms. The Morgan fingerprint density at radius 1 is 1.17 bits per heavy atom. The fourth-order valence-corrected chi connectivity index (χ4v) is 4.22. The molecule has 0 bridgehead atoms. The van der Waals surface area contributed by atoms with E-state index in [4.69, 9.17) is 15.0 Å². The summed E-state index contributed by atoms with van der Waals surface area (Å²) >= 11 is 0. The predicted molar refractivity (Wildman–Crippen MR) is 119 cm³/mol. The molecule has 0 amide bonds. The lowest BCUT2D eigenvalue weighted by atomic mass is 9.98. The van der Waals surface area contributed by atoms with Crippen molar-refractivity contribution in [3.63, 3.8) is 0 Å². The van der Waals surface area contributed by atoms with E-state index in [0.717, 1.165) is 52.2 Å². The number of benzene rings is 1. The number of nitrogens with zero attached hydrogens (tertiary/aromatic N) is 6. The minimum absolute atomic E-state index is 0.104. The summed E-state index contributed by atoms with van der Waals surface area (Å²) < 4.78 is 2.06. The highest BCUT2D eigenvalue weighted by atomic mass is 15.2. The van der Waals surface area contributed by atoms with Crippen LogP contribution in [0.2, 0.25) is 0 Å². The minimum Gasteiger partial charge on any atom is -0.357 e. The zero-order valence-corrected chi connectivity index (χ0v) is 18.2. The summed E-state index contributed by atoms with van der Waals surface area (Å²) in [4.78, 5) is 16.9. The topological polar surface area (TPSA) is 70.1 Å². The standard InChI is InChI=1S/C24H28N6/c1-16-19(14-25)9-8-10-20(16)17(2)27-24-21-13-23(30-11-6-5-7-12-30)26-15-22(21)29(4)18(3)28-24/h8-10,13,15,17H,5-7,11-12H2,1-4H3/t17-/m1/s1. The normalized spacial score (nSPS) is 16.0. The van der Waals surface area contributed by atoms with E-state index in [9.17, 15) is 5.26 Å². The fourth-order valence-electron chi connectivity index (χ4n) is 4.22. The number of aryl methyl sites for hydroxylation is 2. The van der Waals surface area contributed by atoms with Crippen molar-refractivity contribution in [2.75, 3.05) is 18.0 Å². The second-order valence-corrected chi connectivity index (χ2v) is 8.09. The van der Waals surface area contributed by atoms with Gasteiger partial charge in [0.1, 0.15) is 11.6 Å². The Bertz CT molecular complexity index is 1190. The second kappa shape index (κ2) is 8.27. The molecule has 1 aromatic carbocycles. The monoisotopic (exact) mass is 400 g/mol. The van der Waals surface area contributed by atoms with Crippen molar-refractivity contribution in [3.05, 3.63) is 58.5 Å². The Morgan fingerprint density at radius 2 is 1.93 bits per heavy atom. The molecule has 0 radical (unpaired) electrons. The van der Waals surface area contributed by atoms with Crippen molar-refractivity contribution in [1.29, 1.82) is 5.26 Å². The number of nitriles is 1. The number of piperidine rings is 1. The molecule has 4 rings (SSSR count). The number of pyridine rings is 1. The van der Waals surface area contributed by atoms with Crippen LogP contribution in [0.5, 0.6) is 0 Å². The molecule has 30 heavy (non-hydrogen) atoms. The highest BCUT2D eigenvalue weighted by Gasteiger charge is 2.15. The first kappa shape index (κ1) is 20.1. The molecule has 0 N–H and O–H groups in total. The summed E-state index contributed by atoms with van der Waals surface area (Å²) in [6, 6.07) is 10.1. The minimum atomic E-state index is -0.104. The third kappa shape index (κ3) is 3.68. The summed E-state index contributed by atoms with van der Waals surface area (Å²) in [7, 11) is 2.01. The first-order valence-electron chi connectivity index (χ1n) is 10.6. The molecule has 0 aliphatic carbocycles. The van der Waals surface area contributed by atoms with Crippen molar-refractivity contribution < 1.29 is 0 Å². The molecule has 3 heterocycles.